The normalized spacial score (nSPS) is 11.9. The van der Waals surface area contributed by atoms with E-state index < -0.39 is 0 Å². The van der Waals surface area contributed by atoms with Crippen LogP contribution in [0.4, 0.5) is 5.82 Å². The minimum atomic E-state index is -0.0365. The lowest BCUT2D eigenvalue weighted by Gasteiger charge is -2.13. The molecule has 0 spiro atoms. The highest BCUT2D eigenvalue weighted by molar-refractivity contribution is 5.51. The second kappa shape index (κ2) is 7.10. The van der Waals surface area contributed by atoms with E-state index in [-0.39, 0.29) is 5.41 Å². The van der Waals surface area contributed by atoms with Gasteiger partial charge in [0.25, 0.3) is 0 Å². The fraction of sp³-hybridized carbons (Fsp3) is 0.389. The summed E-state index contributed by atoms with van der Waals surface area (Å²) in [4.78, 5) is 7.93. The lowest BCUT2D eigenvalue weighted by Crippen LogP contribution is -2.12. The largest absolute Gasteiger partial charge is 0.384 e. The molecule has 2 N–H and O–H groups in total. The first-order valence-electron chi connectivity index (χ1n) is 7.73. The Labute approximate surface area is 137 Å². The fourth-order valence-corrected chi connectivity index (χ4v) is 1.97. The van der Waals surface area contributed by atoms with E-state index in [0.29, 0.717) is 5.82 Å². The quantitative estimate of drug-likeness (QED) is 0.884. The van der Waals surface area contributed by atoms with Gasteiger partial charge in [-0.15, -0.1) is 0 Å². The predicted molar refractivity (Wildman–Crippen MR) is 93.4 cm³/mol. The number of rotatable bonds is 3. The number of nitrogen functional groups attached to an aromatic ring is 1. The highest BCUT2D eigenvalue weighted by Crippen LogP contribution is 2.23. The molecular weight excluding hydrogens is 286 g/mol. The van der Waals surface area contributed by atoms with Gasteiger partial charge < -0.3 is 5.73 Å². The summed E-state index contributed by atoms with van der Waals surface area (Å²) in [6, 6.07) is 1.92. The van der Waals surface area contributed by atoms with Gasteiger partial charge in [-0.25, -0.2) is 14.6 Å². The Hall–Kier alpha value is -2.61. The maximum atomic E-state index is 6.08. The van der Waals surface area contributed by atoms with Gasteiger partial charge in [-0.1, -0.05) is 46.0 Å². The fourth-order valence-electron chi connectivity index (χ4n) is 1.97. The minimum Gasteiger partial charge on any atom is -0.384 e. The van der Waals surface area contributed by atoms with Crippen molar-refractivity contribution in [3.63, 3.8) is 0 Å². The van der Waals surface area contributed by atoms with Crippen LogP contribution >= 0.6 is 0 Å². The van der Waals surface area contributed by atoms with Gasteiger partial charge >= 0.3 is 0 Å². The zero-order valence-corrected chi connectivity index (χ0v) is 14.2. The maximum Gasteiger partial charge on any atom is 0.126 e. The van der Waals surface area contributed by atoms with E-state index in [1.165, 1.54) is 6.33 Å². The summed E-state index contributed by atoms with van der Waals surface area (Å²) in [5, 5.41) is 4.58. The van der Waals surface area contributed by atoms with Gasteiger partial charge in [-0.2, -0.15) is 5.10 Å². The Balaban J connectivity index is 2.33. The van der Waals surface area contributed by atoms with Crippen molar-refractivity contribution in [3.05, 3.63) is 41.6 Å². The Kier molecular flexibility index (Phi) is 5.17. The van der Waals surface area contributed by atoms with E-state index in [1.54, 1.807) is 17.1 Å². The van der Waals surface area contributed by atoms with E-state index in [2.05, 4.69) is 54.6 Å². The standard InChI is InChI=1S/C18H23N5/c1-5-6-14(7-8-15-10-20-13-21-11-15)12-23-17(19)9-16(22-23)18(2,3)4/h9-13H,5-6,19H2,1-4H3/b14-12+. The Morgan fingerprint density at radius 2 is 2.00 bits per heavy atom. The van der Waals surface area contributed by atoms with Crippen LogP contribution in [0.1, 0.15) is 51.8 Å². The maximum absolute atomic E-state index is 6.08. The van der Waals surface area contributed by atoms with Crippen molar-refractivity contribution in [1.82, 2.24) is 19.7 Å². The Bertz CT molecular complexity index is 739. The first-order valence-corrected chi connectivity index (χ1v) is 7.73. The average Bonchev–Trinajstić information content (AvgIpc) is 2.87. The third kappa shape index (κ3) is 4.68. The molecule has 0 saturated heterocycles. The SMILES string of the molecule is CCC/C(C#Cc1cncnc1)=C\n1nc(C(C)(C)C)cc1N. The van der Waals surface area contributed by atoms with E-state index in [4.69, 9.17) is 5.73 Å². The minimum absolute atomic E-state index is 0.0365. The summed E-state index contributed by atoms with van der Waals surface area (Å²) in [5.74, 6) is 6.88. The number of aromatic nitrogens is 4. The highest BCUT2D eigenvalue weighted by Gasteiger charge is 2.18. The van der Waals surface area contributed by atoms with Crippen LogP contribution in [-0.4, -0.2) is 19.7 Å². The molecular formula is C18H23N5. The molecule has 0 saturated carbocycles. The Morgan fingerprint density at radius 3 is 2.57 bits per heavy atom. The van der Waals surface area contributed by atoms with Crippen molar-refractivity contribution in [3.8, 4) is 11.8 Å². The molecule has 5 nitrogen and oxygen atoms in total. The van der Waals surface area contributed by atoms with Crippen LogP contribution in [0, 0.1) is 11.8 Å². The molecule has 0 aliphatic rings. The summed E-state index contributed by atoms with van der Waals surface area (Å²) < 4.78 is 1.71. The number of nitrogens with zero attached hydrogens (tertiary/aromatic N) is 4. The van der Waals surface area contributed by atoms with Crippen molar-refractivity contribution >= 4 is 12.0 Å². The summed E-state index contributed by atoms with van der Waals surface area (Å²) in [6.45, 7) is 8.47. The smallest absolute Gasteiger partial charge is 0.126 e. The molecule has 0 bridgehead atoms. The molecule has 23 heavy (non-hydrogen) atoms. The van der Waals surface area contributed by atoms with Gasteiger partial charge in [0.1, 0.15) is 12.1 Å². The van der Waals surface area contributed by atoms with Crippen molar-refractivity contribution < 1.29 is 0 Å². The molecule has 0 aromatic carbocycles. The van der Waals surface area contributed by atoms with E-state index >= 15 is 0 Å². The second-order valence-corrected chi connectivity index (χ2v) is 6.43. The van der Waals surface area contributed by atoms with Crippen LogP contribution in [0.2, 0.25) is 0 Å². The molecule has 2 aromatic heterocycles. The lowest BCUT2D eigenvalue weighted by molar-refractivity contribution is 0.562. The Morgan fingerprint density at radius 1 is 1.30 bits per heavy atom. The number of hydrogen-bond acceptors (Lipinski definition) is 4. The zero-order valence-electron chi connectivity index (χ0n) is 14.2. The molecule has 0 aliphatic heterocycles. The molecule has 2 aromatic rings. The molecule has 0 radical (unpaired) electrons. The van der Waals surface area contributed by atoms with Crippen molar-refractivity contribution in [2.24, 2.45) is 0 Å². The summed E-state index contributed by atoms with van der Waals surface area (Å²) >= 11 is 0. The van der Waals surface area contributed by atoms with Crippen LogP contribution in [0.25, 0.3) is 6.20 Å². The number of hydrogen-bond donors (Lipinski definition) is 1. The summed E-state index contributed by atoms with van der Waals surface area (Å²) in [7, 11) is 0. The second-order valence-electron chi connectivity index (χ2n) is 6.43. The zero-order chi connectivity index (χ0) is 16.9. The van der Waals surface area contributed by atoms with Crippen molar-refractivity contribution in [2.75, 3.05) is 5.73 Å². The summed E-state index contributed by atoms with van der Waals surface area (Å²) in [5.41, 5.74) is 8.77. The topological polar surface area (TPSA) is 69.6 Å². The van der Waals surface area contributed by atoms with Gasteiger partial charge in [-0.05, 0) is 6.42 Å². The van der Waals surface area contributed by atoms with Crippen LogP contribution < -0.4 is 5.73 Å². The average molecular weight is 309 g/mol. The van der Waals surface area contributed by atoms with E-state index in [1.807, 2.05) is 12.3 Å². The van der Waals surface area contributed by atoms with Crippen molar-refractivity contribution in [1.29, 1.82) is 0 Å². The monoisotopic (exact) mass is 309 g/mol. The first-order chi connectivity index (χ1) is 10.9. The highest BCUT2D eigenvalue weighted by atomic mass is 15.3. The van der Waals surface area contributed by atoms with E-state index in [9.17, 15) is 0 Å². The molecule has 0 atom stereocenters. The van der Waals surface area contributed by atoms with Gasteiger partial charge in [0.15, 0.2) is 0 Å². The molecule has 120 valence electrons. The molecule has 2 heterocycles. The van der Waals surface area contributed by atoms with E-state index in [0.717, 1.165) is 29.7 Å². The van der Waals surface area contributed by atoms with Gasteiger partial charge in [0.05, 0.1) is 11.3 Å². The molecule has 0 unspecified atom stereocenters. The molecule has 0 fully saturated rings. The molecule has 0 amide bonds. The van der Waals surface area contributed by atoms with Gasteiger partial charge in [0.2, 0.25) is 0 Å². The molecule has 0 aliphatic carbocycles. The molecule has 2 rings (SSSR count). The lowest BCUT2D eigenvalue weighted by atomic mass is 9.92. The third-order valence-corrected chi connectivity index (χ3v) is 3.26. The third-order valence-electron chi connectivity index (χ3n) is 3.26. The van der Waals surface area contributed by atoms with Gasteiger partial charge in [-0.3, -0.25) is 0 Å². The van der Waals surface area contributed by atoms with Gasteiger partial charge in [0, 0.05) is 35.6 Å². The summed E-state index contributed by atoms with van der Waals surface area (Å²) in [6.07, 6.45) is 8.66. The number of allylic oxidation sites excluding steroid dienone is 1. The number of anilines is 1. The molecule has 5 heteroatoms. The predicted octanol–water partition coefficient (Wildman–Crippen LogP) is 3.25. The van der Waals surface area contributed by atoms with Crippen LogP contribution in [0.15, 0.2) is 30.4 Å². The van der Waals surface area contributed by atoms with Crippen LogP contribution in [0.3, 0.4) is 0 Å². The van der Waals surface area contributed by atoms with Crippen LogP contribution in [0.5, 0.6) is 0 Å². The first kappa shape index (κ1) is 16.8. The van der Waals surface area contributed by atoms with Crippen LogP contribution in [-0.2, 0) is 5.41 Å². The van der Waals surface area contributed by atoms with Crippen molar-refractivity contribution in [2.45, 2.75) is 46.0 Å². The number of nitrogens with two attached hydrogens (primary N) is 1.